The Kier molecular flexibility index (Phi) is 3.42. The first kappa shape index (κ1) is 11.6. The average molecular weight is 232 g/mol. The molecule has 0 spiro atoms. The van der Waals surface area contributed by atoms with Gasteiger partial charge in [0.05, 0.1) is 24.1 Å². The Morgan fingerprint density at radius 2 is 2.18 bits per heavy atom. The molecule has 2 aromatic rings. The highest BCUT2D eigenvalue weighted by molar-refractivity contribution is 5.76. The fourth-order valence-electron chi connectivity index (χ4n) is 1.87. The van der Waals surface area contributed by atoms with Crippen molar-refractivity contribution in [3.8, 4) is 0 Å². The van der Waals surface area contributed by atoms with Crippen molar-refractivity contribution < 1.29 is 9.53 Å². The molecule has 2 rings (SSSR count). The van der Waals surface area contributed by atoms with Gasteiger partial charge in [-0.25, -0.2) is 4.98 Å². The number of fused-ring (bicyclic) bond motifs is 1. The number of para-hydroxylation sites is 2. The Morgan fingerprint density at radius 3 is 2.88 bits per heavy atom. The maximum atomic E-state index is 11.3. The van der Waals surface area contributed by atoms with E-state index >= 15 is 0 Å². The normalized spacial score (nSPS) is 10.7. The van der Waals surface area contributed by atoms with Crippen molar-refractivity contribution in [1.29, 1.82) is 0 Å². The molecular weight excluding hydrogens is 216 g/mol. The van der Waals surface area contributed by atoms with E-state index in [1.807, 2.05) is 42.8 Å². The summed E-state index contributed by atoms with van der Waals surface area (Å²) in [6.07, 6.45) is 0.995. The van der Waals surface area contributed by atoms with Crippen molar-refractivity contribution in [3.63, 3.8) is 0 Å². The van der Waals surface area contributed by atoms with Gasteiger partial charge in [0.1, 0.15) is 5.82 Å². The minimum Gasteiger partial charge on any atom is -0.466 e. The van der Waals surface area contributed by atoms with Crippen LogP contribution in [0.5, 0.6) is 0 Å². The summed E-state index contributed by atoms with van der Waals surface area (Å²) in [5.41, 5.74) is 2.06. The number of hydrogen-bond donors (Lipinski definition) is 0. The average Bonchev–Trinajstić information content (AvgIpc) is 2.65. The molecule has 1 heterocycles. The maximum absolute atomic E-state index is 11.3. The number of carbonyl (C=O) groups excluding carboxylic acids is 1. The van der Waals surface area contributed by atoms with Gasteiger partial charge in [-0.1, -0.05) is 12.1 Å². The van der Waals surface area contributed by atoms with Crippen LogP contribution in [0.25, 0.3) is 11.0 Å². The van der Waals surface area contributed by atoms with Crippen LogP contribution in [0.1, 0.15) is 19.2 Å². The van der Waals surface area contributed by atoms with E-state index in [0.29, 0.717) is 19.4 Å². The predicted octanol–water partition coefficient (Wildman–Crippen LogP) is 2.07. The molecule has 17 heavy (non-hydrogen) atoms. The first-order valence-corrected chi connectivity index (χ1v) is 5.78. The molecule has 0 saturated heterocycles. The van der Waals surface area contributed by atoms with Gasteiger partial charge in [0, 0.05) is 13.5 Å². The van der Waals surface area contributed by atoms with E-state index in [0.717, 1.165) is 16.9 Å². The zero-order chi connectivity index (χ0) is 12.3. The molecule has 0 amide bonds. The number of benzene rings is 1. The molecule has 0 fully saturated rings. The highest BCUT2D eigenvalue weighted by Gasteiger charge is 2.09. The second-order valence-corrected chi connectivity index (χ2v) is 3.88. The molecular formula is C13H16N2O2. The third kappa shape index (κ3) is 2.46. The lowest BCUT2D eigenvalue weighted by Crippen LogP contribution is -2.07. The summed E-state index contributed by atoms with van der Waals surface area (Å²) < 4.78 is 6.92. The van der Waals surface area contributed by atoms with Gasteiger partial charge in [0.25, 0.3) is 0 Å². The zero-order valence-electron chi connectivity index (χ0n) is 10.1. The van der Waals surface area contributed by atoms with Crippen molar-refractivity contribution in [1.82, 2.24) is 9.55 Å². The number of rotatable bonds is 4. The molecule has 0 aliphatic heterocycles. The highest BCUT2D eigenvalue weighted by atomic mass is 16.5. The summed E-state index contributed by atoms with van der Waals surface area (Å²) in [5, 5.41) is 0. The smallest absolute Gasteiger partial charge is 0.306 e. The maximum Gasteiger partial charge on any atom is 0.306 e. The molecule has 0 radical (unpaired) electrons. The molecule has 1 aromatic heterocycles. The highest BCUT2D eigenvalue weighted by Crippen LogP contribution is 2.15. The number of aromatic nitrogens is 2. The fraction of sp³-hybridized carbons (Fsp3) is 0.385. The van der Waals surface area contributed by atoms with Crippen LogP contribution in [0, 0.1) is 0 Å². The predicted molar refractivity (Wildman–Crippen MR) is 65.7 cm³/mol. The van der Waals surface area contributed by atoms with Crippen LogP contribution in [-0.2, 0) is 23.0 Å². The summed E-state index contributed by atoms with van der Waals surface area (Å²) in [4.78, 5) is 15.8. The quantitative estimate of drug-likeness (QED) is 0.758. The largest absolute Gasteiger partial charge is 0.466 e. The van der Waals surface area contributed by atoms with E-state index in [-0.39, 0.29) is 5.97 Å². The van der Waals surface area contributed by atoms with Crippen LogP contribution >= 0.6 is 0 Å². The molecule has 0 atom stereocenters. The second kappa shape index (κ2) is 4.99. The number of hydrogen-bond acceptors (Lipinski definition) is 3. The van der Waals surface area contributed by atoms with Crippen molar-refractivity contribution >= 4 is 17.0 Å². The number of esters is 1. The van der Waals surface area contributed by atoms with Gasteiger partial charge >= 0.3 is 5.97 Å². The number of nitrogens with zero attached hydrogens (tertiary/aromatic N) is 2. The number of aryl methyl sites for hydroxylation is 2. The Bertz CT molecular complexity index is 531. The molecule has 90 valence electrons. The molecule has 4 heteroatoms. The summed E-state index contributed by atoms with van der Waals surface area (Å²) >= 11 is 0. The lowest BCUT2D eigenvalue weighted by Gasteiger charge is -2.02. The molecule has 0 saturated carbocycles. The number of carbonyl (C=O) groups is 1. The second-order valence-electron chi connectivity index (χ2n) is 3.88. The van der Waals surface area contributed by atoms with Crippen molar-refractivity contribution in [2.24, 2.45) is 7.05 Å². The lowest BCUT2D eigenvalue weighted by atomic mass is 10.3. The third-order valence-corrected chi connectivity index (χ3v) is 2.74. The van der Waals surface area contributed by atoms with Gasteiger partial charge in [-0.2, -0.15) is 0 Å². The van der Waals surface area contributed by atoms with E-state index in [1.54, 1.807) is 0 Å². The summed E-state index contributed by atoms with van der Waals surface area (Å²) in [7, 11) is 1.97. The van der Waals surface area contributed by atoms with Crippen LogP contribution in [-0.4, -0.2) is 22.1 Å². The van der Waals surface area contributed by atoms with Crippen molar-refractivity contribution in [3.05, 3.63) is 30.1 Å². The summed E-state index contributed by atoms with van der Waals surface area (Å²) in [5.74, 6) is 0.749. The van der Waals surface area contributed by atoms with Gasteiger partial charge < -0.3 is 9.30 Å². The monoisotopic (exact) mass is 232 g/mol. The van der Waals surface area contributed by atoms with Crippen LogP contribution in [0.4, 0.5) is 0 Å². The van der Waals surface area contributed by atoms with Gasteiger partial charge in [-0.15, -0.1) is 0 Å². The number of imidazole rings is 1. The molecule has 1 aromatic carbocycles. The Balaban J connectivity index is 2.14. The zero-order valence-corrected chi connectivity index (χ0v) is 10.1. The van der Waals surface area contributed by atoms with E-state index < -0.39 is 0 Å². The molecule has 0 aliphatic rings. The molecule has 0 bridgehead atoms. The lowest BCUT2D eigenvalue weighted by molar-refractivity contribution is -0.143. The van der Waals surface area contributed by atoms with Crippen LogP contribution in [0.15, 0.2) is 24.3 Å². The Labute approximate surface area is 100 Å². The van der Waals surface area contributed by atoms with E-state index in [2.05, 4.69) is 4.98 Å². The molecule has 4 nitrogen and oxygen atoms in total. The van der Waals surface area contributed by atoms with Crippen molar-refractivity contribution in [2.75, 3.05) is 6.61 Å². The van der Waals surface area contributed by atoms with Gasteiger partial charge in [0.2, 0.25) is 0 Å². The van der Waals surface area contributed by atoms with Crippen molar-refractivity contribution in [2.45, 2.75) is 19.8 Å². The van der Waals surface area contributed by atoms with E-state index in [1.165, 1.54) is 0 Å². The van der Waals surface area contributed by atoms with E-state index in [4.69, 9.17) is 4.74 Å². The van der Waals surface area contributed by atoms with Crippen LogP contribution in [0.3, 0.4) is 0 Å². The van der Waals surface area contributed by atoms with Crippen LogP contribution < -0.4 is 0 Å². The van der Waals surface area contributed by atoms with Gasteiger partial charge in [-0.05, 0) is 19.1 Å². The fourth-order valence-corrected chi connectivity index (χ4v) is 1.87. The minimum atomic E-state index is -0.167. The minimum absolute atomic E-state index is 0.167. The standard InChI is InChI=1S/C13H16N2O2/c1-3-17-13(16)9-8-12-14-10-6-4-5-7-11(10)15(12)2/h4-7H,3,8-9H2,1-2H3. The Hall–Kier alpha value is -1.84. The van der Waals surface area contributed by atoms with Gasteiger partial charge in [-0.3, -0.25) is 4.79 Å². The topological polar surface area (TPSA) is 44.1 Å². The Morgan fingerprint density at radius 1 is 1.41 bits per heavy atom. The summed E-state index contributed by atoms with van der Waals surface area (Å²) in [6.45, 7) is 2.24. The third-order valence-electron chi connectivity index (χ3n) is 2.74. The molecule has 0 N–H and O–H groups in total. The first-order chi connectivity index (χ1) is 8.22. The molecule has 0 aliphatic carbocycles. The number of ether oxygens (including phenoxy) is 1. The molecule has 0 unspecified atom stereocenters. The first-order valence-electron chi connectivity index (χ1n) is 5.78. The van der Waals surface area contributed by atoms with Gasteiger partial charge in [0.15, 0.2) is 0 Å². The van der Waals surface area contributed by atoms with E-state index in [9.17, 15) is 4.79 Å². The van der Waals surface area contributed by atoms with Crippen LogP contribution in [0.2, 0.25) is 0 Å². The SMILES string of the molecule is CCOC(=O)CCc1nc2ccccc2n1C. The summed E-state index contributed by atoms with van der Waals surface area (Å²) in [6, 6.07) is 7.95.